The van der Waals surface area contributed by atoms with Crippen LogP contribution in [0.1, 0.15) is 24.2 Å². The van der Waals surface area contributed by atoms with Crippen molar-refractivity contribution in [3.05, 3.63) is 29.8 Å². The molecule has 1 aromatic rings. The SMILES string of the molecule is CCOC(=O)c1ccccc1NC(=O)[C@@H]1CNC[C@H]1C. The lowest BCUT2D eigenvalue weighted by Crippen LogP contribution is -2.28. The molecule has 5 heteroatoms. The smallest absolute Gasteiger partial charge is 0.340 e. The predicted octanol–water partition coefficient (Wildman–Crippen LogP) is 1.66. The second-order valence-corrected chi connectivity index (χ2v) is 5.00. The fourth-order valence-electron chi connectivity index (χ4n) is 2.37. The van der Waals surface area contributed by atoms with Crippen LogP contribution in [0.25, 0.3) is 0 Å². The Kier molecular flexibility index (Phi) is 4.74. The first-order valence-corrected chi connectivity index (χ1v) is 6.91. The van der Waals surface area contributed by atoms with E-state index in [0.29, 0.717) is 30.3 Å². The molecule has 0 spiro atoms. The van der Waals surface area contributed by atoms with Gasteiger partial charge in [0.05, 0.1) is 23.8 Å². The summed E-state index contributed by atoms with van der Waals surface area (Å²) in [5, 5.41) is 6.04. The third kappa shape index (κ3) is 3.17. The van der Waals surface area contributed by atoms with E-state index < -0.39 is 5.97 Å². The van der Waals surface area contributed by atoms with Crippen molar-refractivity contribution < 1.29 is 14.3 Å². The molecule has 0 unspecified atom stereocenters. The third-order valence-electron chi connectivity index (χ3n) is 3.53. The van der Waals surface area contributed by atoms with E-state index in [1.807, 2.05) is 6.92 Å². The highest BCUT2D eigenvalue weighted by molar-refractivity contribution is 6.02. The van der Waals surface area contributed by atoms with Gasteiger partial charge in [-0.1, -0.05) is 19.1 Å². The number of para-hydroxylation sites is 1. The Balaban J connectivity index is 2.13. The van der Waals surface area contributed by atoms with Crippen molar-refractivity contribution in [1.29, 1.82) is 0 Å². The van der Waals surface area contributed by atoms with Crippen LogP contribution in [0.4, 0.5) is 5.69 Å². The summed E-state index contributed by atoms with van der Waals surface area (Å²) in [5.41, 5.74) is 0.899. The molecular formula is C15H20N2O3. The first-order chi connectivity index (χ1) is 9.63. The lowest BCUT2D eigenvalue weighted by molar-refractivity contribution is -0.120. The number of amides is 1. The minimum Gasteiger partial charge on any atom is -0.462 e. The van der Waals surface area contributed by atoms with Crippen LogP contribution < -0.4 is 10.6 Å². The van der Waals surface area contributed by atoms with Crippen molar-refractivity contribution in [2.45, 2.75) is 13.8 Å². The number of hydrogen-bond acceptors (Lipinski definition) is 4. The molecule has 2 atom stereocenters. The van der Waals surface area contributed by atoms with Gasteiger partial charge in [0, 0.05) is 6.54 Å². The van der Waals surface area contributed by atoms with Crippen molar-refractivity contribution in [2.24, 2.45) is 11.8 Å². The van der Waals surface area contributed by atoms with E-state index in [-0.39, 0.29) is 11.8 Å². The molecule has 0 radical (unpaired) electrons. The van der Waals surface area contributed by atoms with Gasteiger partial charge in [-0.15, -0.1) is 0 Å². The maximum absolute atomic E-state index is 12.3. The Morgan fingerprint density at radius 3 is 2.75 bits per heavy atom. The number of rotatable bonds is 4. The van der Waals surface area contributed by atoms with E-state index in [4.69, 9.17) is 4.74 Å². The Morgan fingerprint density at radius 1 is 1.35 bits per heavy atom. The minimum absolute atomic E-state index is 0.0563. The summed E-state index contributed by atoms with van der Waals surface area (Å²) in [6.45, 7) is 5.63. The van der Waals surface area contributed by atoms with Crippen molar-refractivity contribution in [3.8, 4) is 0 Å². The van der Waals surface area contributed by atoms with Crippen molar-refractivity contribution in [3.63, 3.8) is 0 Å². The van der Waals surface area contributed by atoms with Crippen molar-refractivity contribution in [2.75, 3.05) is 25.0 Å². The number of esters is 1. The van der Waals surface area contributed by atoms with Gasteiger partial charge in [0.25, 0.3) is 0 Å². The molecule has 5 nitrogen and oxygen atoms in total. The number of anilines is 1. The largest absolute Gasteiger partial charge is 0.462 e. The number of ether oxygens (including phenoxy) is 1. The number of nitrogens with one attached hydrogen (secondary N) is 2. The van der Waals surface area contributed by atoms with E-state index in [1.165, 1.54) is 0 Å². The summed E-state index contributed by atoms with van der Waals surface area (Å²) in [6, 6.07) is 6.91. The lowest BCUT2D eigenvalue weighted by atomic mass is 9.97. The Morgan fingerprint density at radius 2 is 2.10 bits per heavy atom. The molecule has 1 aliphatic heterocycles. The van der Waals surface area contributed by atoms with Gasteiger partial charge >= 0.3 is 5.97 Å². The normalized spacial score (nSPS) is 21.5. The standard InChI is InChI=1S/C15H20N2O3/c1-3-20-15(19)11-6-4-5-7-13(11)17-14(18)12-9-16-8-10(12)2/h4-7,10,12,16H,3,8-9H2,1-2H3,(H,17,18)/t10-,12-/m1/s1. The number of carbonyl (C=O) groups excluding carboxylic acids is 2. The average Bonchev–Trinajstić information content (AvgIpc) is 2.86. The highest BCUT2D eigenvalue weighted by atomic mass is 16.5. The fraction of sp³-hybridized carbons (Fsp3) is 0.467. The van der Waals surface area contributed by atoms with Crippen LogP contribution in [0.15, 0.2) is 24.3 Å². The average molecular weight is 276 g/mol. The maximum atomic E-state index is 12.3. The summed E-state index contributed by atoms with van der Waals surface area (Å²) < 4.78 is 4.99. The summed E-state index contributed by atoms with van der Waals surface area (Å²) in [5.74, 6) is -0.241. The highest BCUT2D eigenvalue weighted by Gasteiger charge is 2.30. The molecule has 0 aromatic heterocycles. The monoisotopic (exact) mass is 276 g/mol. The van der Waals surface area contributed by atoms with E-state index in [1.54, 1.807) is 31.2 Å². The molecule has 1 aliphatic rings. The molecule has 108 valence electrons. The molecule has 1 aromatic carbocycles. The van der Waals surface area contributed by atoms with Gasteiger partial charge in [0.1, 0.15) is 0 Å². The van der Waals surface area contributed by atoms with E-state index >= 15 is 0 Å². The van der Waals surface area contributed by atoms with Gasteiger partial charge in [0.2, 0.25) is 5.91 Å². The quantitative estimate of drug-likeness (QED) is 0.821. The van der Waals surface area contributed by atoms with Crippen LogP contribution in [0.5, 0.6) is 0 Å². The fourth-order valence-corrected chi connectivity index (χ4v) is 2.37. The van der Waals surface area contributed by atoms with Gasteiger partial charge < -0.3 is 15.4 Å². The van der Waals surface area contributed by atoms with Gasteiger partial charge in [-0.2, -0.15) is 0 Å². The second kappa shape index (κ2) is 6.52. The molecule has 1 fully saturated rings. The molecular weight excluding hydrogens is 256 g/mol. The maximum Gasteiger partial charge on any atom is 0.340 e. The minimum atomic E-state index is -0.416. The molecule has 1 saturated heterocycles. The second-order valence-electron chi connectivity index (χ2n) is 5.00. The number of benzene rings is 1. The van der Waals surface area contributed by atoms with Crippen molar-refractivity contribution in [1.82, 2.24) is 5.32 Å². The third-order valence-corrected chi connectivity index (χ3v) is 3.53. The van der Waals surface area contributed by atoms with Crippen molar-refractivity contribution >= 4 is 17.6 Å². The topological polar surface area (TPSA) is 67.4 Å². The zero-order chi connectivity index (χ0) is 14.5. The molecule has 1 amide bonds. The van der Waals surface area contributed by atoms with Gasteiger partial charge in [-0.25, -0.2) is 4.79 Å². The van der Waals surface area contributed by atoms with Crippen LogP contribution >= 0.6 is 0 Å². The Hall–Kier alpha value is -1.88. The van der Waals surface area contributed by atoms with Gasteiger partial charge in [-0.05, 0) is 31.5 Å². The van der Waals surface area contributed by atoms with Gasteiger partial charge in [-0.3, -0.25) is 4.79 Å². The zero-order valence-corrected chi connectivity index (χ0v) is 11.8. The molecule has 20 heavy (non-hydrogen) atoms. The lowest BCUT2D eigenvalue weighted by Gasteiger charge is -2.16. The van der Waals surface area contributed by atoms with E-state index in [0.717, 1.165) is 6.54 Å². The number of carbonyl (C=O) groups is 2. The molecule has 2 N–H and O–H groups in total. The molecule has 0 saturated carbocycles. The summed E-state index contributed by atoms with van der Waals surface area (Å²) in [6.07, 6.45) is 0. The van der Waals surface area contributed by atoms with E-state index in [2.05, 4.69) is 10.6 Å². The van der Waals surface area contributed by atoms with Crippen LogP contribution in [0.2, 0.25) is 0 Å². The van der Waals surface area contributed by atoms with Crippen LogP contribution in [-0.4, -0.2) is 31.6 Å². The summed E-state index contributed by atoms with van der Waals surface area (Å²) in [7, 11) is 0. The highest BCUT2D eigenvalue weighted by Crippen LogP contribution is 2.21. The van der Waals surface area contributed by atoms with Crippen LogP contribution in [0, 0.1) is 11.8 Å². The summed E-state index contributed by atoms with van der Waals surface area (Å²) >= 11 is 0. The predicted molar refractivity (Wildman–Crippen MR) is 76.6 cm³/mol. The zero-order valence-electron chi connectivity index (χ0n) is 11.8. The first kappa shape index (κ1) is 14.5. The van der Waals surface area contributed by atoms with Crippen LogP contribution in [0.3, 0.4) is 0 Å². The Bertz CT molecular complexity index is 502. The Labute approximate surface area is 118 Å². The molecule has 2 rings (SSSR count). The summed E-state index contributed by atoms with van der Waals surface area (Å²) in [4.78, 5) is 24.1. The molecule has 0 aliphatic carbocycles. The molecule has 0 bridgehead atoms. The van der Waals surface area contributed by atoms with Crippen LogP contribution in [-0.2, 0) is 9.53 Å². The van der Waals surface area contributed by atoms with E-state index in [9.17, 15) is 9.59 Å². The molecule has 1 heterocycles. The first-order valence-electron chi connectivity index (χ1n) is 6.91. The number of hydrogen-bond donors (Lipinski definition) is 2. The van der Waals surface area contributed by atoms with Gasteiger partial charge in [0.15, 0.2) is 0 Å².